The van der Waals surface area contributed by atoms with Gasteiger partial charge in [-0.2, -0.15) is 4.31 Å². The Kier molecular flexibility index (Phi) is 9.94. The predicted octanol–water partition coefficient (Wildman–Crippen LogP) is 1.62. The lowest BCUT2D eigenvalue weighted by atomic mass is 9.89. The van der Waals surface area contributed by atoms with Gasteiger partial charge in [-0.05, 0) is 62.8 Å². The fourth-order valence-electron chi connectivity index (χ4n) is 5.23. The zero-order chi connectivity index (χ0) is 25.6. The summed E-state index contributed by atoms with van der Waals surface area (Å²) < 4.78 is 38.3. The summed E-state index contributed by atoms with van der Waals surface area (Å²) in [5.41, 5.74) is 1.27. The van der Waals surface area contributed by atoms with Crippen LogP contribution < -0.4 is 10.1 Å². The number of sulfonamides is 1. The van der Waals surface area contributed by atoms with Gasteiger partial charge in [-0.15, -0.1) is 0 Å². The van der Waals surface area contributed by atoms with E-state index in [9.17, 15) is 13.2 Å². The zero-order valence-electron chi connectivity index (χ0n) is 21.9. The molecule has 0 bridgehead atoms. The maximum atomic E-state index is 13.1. The van der Waals surface area contributed by atoms with Gasteiger partial charge in [-0.3, -0.25) is 9.69 Å². The van der Waals surface area contributed by atoms with Crippen LogP contribution in [-0.4, -0.2) is 108 Å². The van der Waals surface area contributed by atoms with Crippen molar-refractivity contribution in [3.05, 3.63) is 23.3 Å². The van der Waals surface area contributed by atoms with E-state index in [0.29, 0.717) is 22.9 Å². The first kappa shape index (κ1) is 27.9. The van der Waals surface area contributed by atoms with Gasteiger partial charge >= 0.3 is 0 Å². The first-order valence-corrected chi connectivity index (χ1v) is 14.0. The van der Waals surface area contributed by atoms with Gasteiger partial charge in [0.2, 0.25) is 15.9 Å². The van der Waals surface area contributed by atoms with Gasteiger partial charge in [0.15, 0.2) is 0 Å². The van der Waals surface area contributed by atoms with E-state index in [2.05, 4.69) is 10.2 Å². The molecule has 1 heterocycles. The highest BCUT2D eigenvalue weighted by atomic mass is 32.2. The van der Waals surface area contributed by atoms with E-state index in [1.165, 1.54) is 11.4 Å². The van der Waals surface area contributed by atoms with Crippen molar-refractivity contribution in [2.24, 2.45) is 0 Å². The number of piperazine rings is 1. The van der Waals surface area contributed by atoms with Crippen molar-refractivity contribution >= 4 is 15.9 Å². The molecule has 0 unspecified atom stereocenters. The summed E-state index contributed by atoms with van der Waals surface area (Å²) in [6.45, 7) is 8.15. The third-order valence-corrected chi connectivity index (χ3v) is 9.55. The van der Waals surface area contributed by atoms with E-state index in [4.69, 9.17) is 9.47 Å². The summed E-state index contributed by atoms with van der Waals surface area (Å²) in [6.07, 6.45) is 4.27. The molecule has 1 saturated heterocycles. The first-order chi connectivity index (χ1) is 16.6. The number of carbonyl (C=O) groups excluding carboxylic acids is 1. The number of amides is 1. The smallest absolute Gasteiger partial charge is 0.248 e. The maximum absolute atomic E-state index is 13.1. The third-order valence-electron chi connectivity index (χ3n) is 7.39. The van der Waals surface area contributed by atoms with E-state index in [-0.39, 0.29) is 36.6 Å². The molecule has 3 rings (SSSR count). The lowest BCUT2D eigenvalue weighted by Crippen LogP contribution is -2.51. The minimum atomic E-state index is -3.68. The van der Waals surface area contributed by atoms with Crippen LogP contribution in [0.15, 0.2) is 17.0 Å². The lowest BCUT2D eigenvalue weighted by molar-refractivity contribution is -0.137. The average molecular weight is 511 g/mol. The fraction of sp³-hybridized carbons (Fsp3) is 0.720. The zero-order valence-corrected chi connectivity index (χ0v) is 22.7. The standard InChI is InChI=1S/C25H42N4O5S/c1-19-16-23(33-5)17-20(2)25(19)35(31,32)27(3)14-15-34-18-24(30)28(4)21-6-8-22(9-7-21)29-12-10-26-11-13-29/h16-17,21-22,26H,6-15,18H2,1-5H3. The Morgan fingerprint density at radius 2 is 1.69 bits per heavy atom. The number of likely N-dealkylation sites (N-methyl/N-ethyl adjacent to an activating group) is 2. The number of hydrogen-bond donors (Lipinski definition) is 1. The predicted molar refractivity (Wildman–Crippen MR) is 136 cm³/mol. The second-order valence-corrected chi connectivity index (χ2v) is 11.7. The molecule has 1 amide bonds. The number of methoxy groups -OCH3 is 1. The van der Waals surface area contributed by atoms with Crippen LogP contribution in [0.1, 0.15) is 36.8 Å². The lowest BCUT2D eigenvalue weighted by Gasteiger charge is -2.41. The summed E-state index contributed by atoms with van der Waals surface area (Å²) >= 11 is 0. The molecular formula is C25H42N4O5S. The van der Waals surface area contributed by atoms with Crippen LogP contribution in [0.25, 0.3) is 0 Å². The van der Waals surface area contributed by atoms with E-state index in [1.807, 2.05) is 11.9 Å². The summed E-state index contributed by atoms with van der Waals surface area (Å²) in [5.74, 6) is 0.577. The number of ether oxygens (including phenoxy) is 2. The molecule has 198 valence electrons. The van der Waals surface area contributed by atoms with Gasteiger partial charge in [-0.1, -0.05) is 0 Å². The molecule has 1 aliphatic heterocycles. The number of rotatable bonds is 10. The van der Waals surface area contributed by atoms with Gasteiger partial charge in [-0.25, -0.2) is 8.42 Å². The summed E-state index contributed by atoms with van der Waals surface area (Å²) in [7, 11) is 1.27. The van der Waals surface area contributed by atoms with E-state index in [0.717, 1.165) is 51.9 Å². The van der Waals surface area contributed by atoms with Crippen molar-refractivity contribution in [3.8, 4) is 5.75 Å². The summed E-state index contributed by atoms with van der Waals surface area (Å²) in [4.78, 5) is 17.4. The molecule has 1 aliphatic carbocycles. The molecule has 0 radical (unpaired) electrons. The van der Waals surface area contributed by atoms with Crippen molar-refractivity contribution in [2.75, 3.05) is 67.1 Å². The van der Waals surface area contributed by atoms with E-state index in [1.54, 1.807) is 33.1 Å². The van der Waals surface area contributed by atoms with Gasteiger partial charge in [0.25, 0.3) is 0 Å². The van der Waals surface area contributed by atoms with Crippen LogP contribution >= 0.6 is 0 Å². The SMILES string of the molecule is COc1cc(C)c(S(=O)(=O)N(C)CCOCC(=O)N(C)C2CCC(N3CCNCC3)CC2)c(C)c1. The van der Waals surface area contributed by atoms with E-state index < -0.39 is 10.0 Å². The van der Waals surface area contributed by atoms with Crippen molar-refractivity contribution in [1.82, 2.24) is 19.4 Å². The minimum Gasteiger partial charge on any atom is -0.497 e. The number of carbonyl (C=O) groups is 1. The quantitative estimate of drug-likeness (QED) is 0.479. The monoisotopic (exact) mass is 510 g/mol. The maximum Gasteiger partial charge on any atom is 0.248 e. The van der Waals surface area contributed by atoms with Crippen LogP contribution in [0.2, 0.25) is 0 Å². The van der Waals surface area contributed by atoms with Gasteiger partial charge < -0.3 is 19.7 Å². The first-order valence-electron chi connectivity index (χ1n) is 12.5. The molecule has 0 spiro atoms. The van der Waals surface area contributed by atoms with Crippen LogP contribution in [0.3, 0.4) is 0 Å². The summed E-state index contributed by atoms with van der Waals surface area (Å²) in [5, 5.41) is 3.40. The Labute approximate surface area is 210 Å². The van der Waals surface area contributed by atoms with Crippen LogP contribution in [0, 0.1) is 13.8 Å². The molecule has 2 aliphatic rings. The highest BCUT2D eigenvalue weighted by molar-refractivity contribution is 7.89. The molecule has 1 aromatic rings. The number of aryl methyl sites for hydroxylation is 2. The second kappa shape index (κ2) is 12.5. The average Bonchev–Trinajstić information content (AvgIpc) is 2.85. The molecule has 1 saturated carbocycles. The van der Waals surface area contributed by atoms with Gasteiger partial charge in [0.05, 0.1) is 18.6 Å². The highest BCUT2D eigenvalue weighted by Crippen LogP contribution is 2.28. The Morgan fingerprint density at radius 3 is 2.26 bits per heavy atom. The minimum absolute atomic E-state index is 0.0390. The van der Waals surface area contributed by atoms with E-state index >= 15 is 0 Å². The van der Waals surface area contributed by atoms with Gasteiger partial charge in [0.1, 0.15) is 12.4 Å². The molecule has 35 heavy (non-hydrogen) atoms. The van der Waals surface area contributed by atoms with Crippen LogP contribution in [-0.2, 0) is 19.6 Å². The molecular weight excluding hydrogens is 468 g/mol. The largest absolute Gasteiger partial charge is 0.497 e. The van der Waals surface area contributed by atoms with Crippen molar-refractivity contribution in [2.45, 2.75) is 56.5 Å². The number of nitrogens with one attached hydrogen (secondary N) is 1. The van der Waals surface area contributed by atoms with Gasteiger partial charge in [0, 0.05) is 58.9 Å². The van der Waals surface area contributed by atoms with Crippen molar-refractivity contribution < 1.29 is 22.7 Å². The molecule has 2 fully saturated rings. The molecule has 1 aromatic carbocycles. The van der Waals surface area contributed by atoms with Crippen molar-refractivity contribution in [3.63, 3.8) is 0 Å². The van der Waals surface area contributed by atoms with Crippen LogP contribution in [0.4, 0.5) is 0 Å². The third kappa shape index (κ3) is 6.95. The number of benzene rings is 1. The molecule has 0 atom stereocenters. The topological polar surface area (TPSA) is 91.4 Å². The number of hydrogen-bond acceptors (Lipinski definition) is 7. The highest BCUT2D eigenvalue weighted by Gasteiger charge is 2.30. The Morgan fingerprint density at radius 1 is 1.09 bits per heavy atom. The summed E-state index contributed by atoms with van der Waals surface area (Å²) in [6, 6.07) is 4.31. The molecule has 10 heteroatoms. The Bertz CT molecular complexity index is 934. The normalized spacial score (nSPS) is 21.8. The Balaban J connectivity index is 1.42. The Hall–Kier alpha value is -1.72. The molecule has 0 aromatic heterocycles. The molecule has 1 N–H and O–H groups in total. The molecule has 9 nitrogen and oxygen atoms in total. The van der Waals surface area contributed by atoms with Crippen LogP contribution in [0.5, 0.6) is 5.75 Å². The fourth-order valence-corrected chi connectivity index (χ4v) is 6.79. The van der Waals surface area contributed by atoms with Crippen molar-refractivity contribution in [1.29, 1.82) is 0 Å². The number of nitrogens with zero attached hydrogens (tertiary/aromatic N) is 3. The second-order valence-electron chi connectivity index (χ2n) is 9.72.